The third kappa shape index (κ3) is 3.11. The standard InChI is InChI=1S/C22H22N4O2/c27-21(15-25-13-11-16-6-1-3-9-19(16)25)23-14-17-7-5-12-26(17)22-24-18-8-2-4-10-20(18)28-22/h1-4,6,8-11,13,17H,5,7,12,14-15H2,(H,23,27). The number of aromatic nitrogens is 2. The molecule has 1 N–H and O–H groups in total. The first-order valence-corrected chi connectivity index (χ1v) is 9.71. The van der Waals surface area contributed by atoms with Gasteiger partial charge in [-0.15, -0.1) is 0 Å². The summed E-state index contributed by atoms with van der Waals surface area (Å²) >= 11 is 0. The lowest BCUT2D eigenvalue weighted by Gasteiger charge is -2.23. The summed E-state index contributed by atoms with van der Waals surface area (Å²) in [5.41, 5.74) is 2.74. The predicted octanol–water partition coefficient (Wildman–Crippen LogP) is 3.57. The van der Waals surface area contributed by atoms with Gasteiger partial charge in [-0.1, -0.05) is 30.3 Å². The van der Waals surface area contributed by atoms with E-state index in [1.165, 1.54) is 0 Å². The molecule has 1 fully saturated rings. The number of carbonyl (C=O) groups excluding carboxylic acids is 1. The summed E-state index contributed by atoms with van der Waals surface area (Å²) in [7, 11) is 0. The smallest absolute Gasteiger partial charge is 0.298 e. The molecule has 3 heterocycles. The number of rotatable bonds is 5. The van der Waals surface area contributed by atoms with Crippen molar-refractivity contribution in [3.05, 3.63) is 60.8 Å². The van der Waals surface area contributed by atoms with Gasteiger partial charge in [-0.2, -0.15) is 4.98 Å². The maximum absolute atomic E-state index is 12.5. The van der Waals surface area contributed by atoms with Gasteiger partial charge in [-0.25, -0.2) is 0 Å². The van der Waals surface area contributed by atoms with E-state index in [2.05, 4.69) is 21.3 Å². The summed E-state index contributed by atoms with van der Waals surface area (Å²) in [6, 6.07) is 18.8. The zero-order chi connectivity index (χ0) is 18.9. The van der Waals surface area contributed by atoms with Crippen molar-refractivity contribution < 1.29 is 9.21 Å². The van der Waals surface area contributed by atoms with Crippen LogP contribution in [-0.4, -0.2) is 34.6 Å². The van der Waals surface area contributed by atoms with E-state index in [9.17, 15) is 4.79 Å². The van der Waals surface area contributed by atoms with Gasteiger partial charge < -0.3 is 19.2 Å². The Morgan fingerprint density at radius 1 is 1.14 bits per heavy atom. The van der Waals surface area contributed by atoms with Crippen LogP contribution >= 0.6 is 0 Å². The molecule has 0 aliphatic carbocycles. The monoisotopic (exact) mass is 374 g/mol. The minimum atomic E-state index is 0.0192. The Morgan fingerprint density at radius 3 is 2.93 bits per heavy atom. The zero-order valence-electron chi connectivity index (χ0n) is 15.5. The highest BCUT2D eigenvalue weighted by Gasteiger charge is 2.28. The van der Waals surface area contributed by atoms with Crippen LogP contribution in [0.4, 0.5) is 6.01 Å². The maximum Gasteiger partial charge on any atom is 0.298 e. The molecule has 28 heavy (non-hydrogen) atoms. The molecule has 6 heteroatoms. The van der Waals surface area contributed by atoms with Gasteiger partial charge in [0.2, 0.25) is 5.91 Å². The number of benzene rings is 2. The molecule has 0 spiro atoms. The van der Waals surface area contributed by atoms with Crippen molar-refractivity contribution >= 4 is 33.9 Å². The van der Waals surface area contributed by atoms with Gasteiger partial charge in [0.15, 0.2) is 5.58 Å². The molecule has 1 unspecified atom stereocenters. The molecule has 0 bridgehead atoms. The van der Waals surface area contributed by atoms with E-state index >= 15 is 0 Å². The Kier molecular flexibility index (Phi) is 4.24. The van der Waals surface area contributed by atoms with Crippen LogP contribution in [0, 0.1) is 0 Å². The minimum absolute atomic E-state index is 0.0192. The predicted molar refractivity (Wildman–Crippen MR) is 109 cm³/mol. The van der Waals surface area contributed by atoms with E-state index < -0.39 is 0 Å². The second-order valence-electron chi connectivity index (χ2n) is 7.26. The van der Waals surface area contributed by atoms with Crippen LogP contribution in [0.1, 0.15) is 12.8 Å². The van der Waals surface area contributed by atoms with Gasteiger partial charge in [-0.05, 0) is 42.5 Å². The average molecular weight is 374 g/mol. The van der Waals surface area contributed by atoms with E-state index in [0.717, 1.165) is 41.4 Å². The lowest BCUT2D eigenvalue weighted by molar-refractivity contribution is -0.121. The number of fused-ring (bicyclic) bond motifs is 2. The van der Waals surface area contributed by atoms with E-state index in [1.54, 1.807) is 0 Å². The number of hydrogen-bond acceptors (Lipinski definition) is 4. The van der Waals surface area contributed by atoms with Crippen LogP contribution in [0.25, 0.3) is 22.0 Å². The van der Waals surface area contributed by atoms with Gasteiger partial charge in [0, 0.05) is 24.8 Å². The Labute approximate surface area is 162 Å². The Morgan fingerprint density at radius 2 is 2.00 bits per heavy atom. The first kappa shape index (κ1) is 16.9. The number of amides is 1. The Hall–Kier alpha value is -3.28. The second kappa shape index (κ2) is 7.03. The van der Waals surface area contributed by atoms with E-state index in [1.807, 2.05) is 59.3 Å². The molecule has 5 rings (SSSR count). The van der Waals surface area contributed by atoms with Crippen molar-refractivity contribution in [3.8, 4) is 0 Å². The van der Waals surface area contributed by atoms with Crippen molar-refractivity contribution in [2.75, 3.05) is 18.0 Å². The SMILES string of the molecule is O=C(Cn1ccc2ccccc21)NCC1CCCN1c1nc2ccccc2o1. The quantitative estimate of drug-likeness (QED) is 0.580. The topological polar surface area (TPSA) is 63.3 Å². The second-order valence-corrected chi connectivity index (χ2v) is 7.26. The molecule has 1 atom stereocenters. The molecule has 4 aromatic rings. The molecule has 0 saturated carbocycles. The third-order valence-corrected chi connectivity index (χ3v) is 5.43. The molecule has 1 amide bonds. The Bertz CT molecular complexity index is 1100. The molecule has 2 aromatic heterocycles. The van der Waals surface area contributed by atoms with Crippen LogP contribution < -0.4 is 10.2 Å². The normalized spacial score (nSPS) is 16.9. The van der Waals surface area contributed by atoms with Gasteiger partial charge in [-0.3, -0.25) is 4.79 Å². The highest BCUT2D eigenvalue weighted by atomic mass is 16.4. The zero-order valence-corrected chi connectivity index (χ0v) is 15.5. The molecule has 1 aliphatic heterocycles. The molecular formula is C22H22N4O2. The molecule has 6 nitrogen and oxygen atoms in total. The lowest BCUT2D eigenvalue weighted by atomic mass is 10.2. The number of para-hydroxylation sites is 3. The first-order chi connectivity index (χ1) is 13.8. The van der Waals surface area contributed by atoms with Gasteiger partial charge in [0.25, 0.3) is 6.01 Å². The third-order valence-electron chi connectivity index (χ3n) is 5.43. The number of nitrogens with zero attached hydrogens (tertiary/aromatic N) is 3. The van der Waals surface area contributed by atoms with Crippen LogP contribution in [0.3, 0.4) is 0 Å². The number of anilines is 1. The molecular weight excluding hydrogens is 352 g/mol. The molecule has 1 aliphatic rings. The Balaban J connectivity index is 1.24. The maximum atomic E-state index is 12.5. The van der Waals surface area contributed by atoms with E-state index in [-0.39, 0.29) is 11.9 Å². The number of carbonyl (C=O) groups is 1. The average Bonchev–Trinajstić information content (AvgIpc) is 3.44. The molecule has 0 radical (unpaired) electrons. The molecule has 1 saturated heterocycles. The van der Waals surface area contributed by atoms with Gasteiger partial charge in [0.1, 0.15) is 12.1 Å². The lowest BCUT2D eigenvalue weighted by Crippen LogP contribution is -2.41. The van der Waals surface area contributed by atoms with Crippen LogP contribution in [-0.2, 0) is 11.3 Å². The van der Waals surface area contributed by atoms with Crippen molar-refractivity contribution in [3.63, 3.8) is 0 Å². The highest BCUT2D eigenvalue weighted by Crippen LogP contribution is 2.28. The summed E-state index contributed by atoms with van der Waals surface area (Å²) < 4.78 is 7.90. The van der Waals surface area contributed by atoms with Crippen LogP contribution in [0.2, 0.25) is 0 Å². The van der Waals surface area contributed by atoms with Gasteiger partial charge in [0.05, 0.1) is 6.04 Å². The van der Waals surface area contributed by atoms with Crippen molar-refractivity contribution in [1.82, 2.24) is 14.9 Å². The summed E-state index contributed by atoms with van der Waals surface area (Å²) in [4.78, 5) is 19.3. The van der Waals surface area contributed by atoms with E-state index in [0.29, 0.717) is 19.1 Å². The number of oxazole rings is 1. The fourth-order valence-corrected chi connectivity index (χ4v) is 4.00. The summed E-state index contributed by atoms with van der Waals surface area (Å²) in [6.07, 6.45) is 4.05. The fraction of sp³-hybridized carbons (Fsp3) is 0.273. The first-order valence-electron chi connectivity index (χ1n) is 9.71. The van der Waals surface area contributed by atoms with Gasteiger partial charge >= 0.3 is 0 Å². The minimum Gasteiger partial charge on any atom is -0.423 e. The molecule has 2 aromatic carbocycles. The van der Waals surface area contributed by atoms with Crippen LogP contribution in [0.5, 0.6) is 0 Å². The largest absolute Gasteiger partial charge is 0.423 e. The number of nitrogens with one attached hydrogen (secondary N) is 1. The fourth-order valence-electron chi connectivity index (χ4n) is 4.00. The highest BCUT2D eigenvalue weighted by molar-refractivity contribution is 5.83. The van der Waals surface area contributed by atoms with Crippen molar-refractivity contribution in [2.45, 2.75) is 25.4 Å². The van der Waals surface area contributed by atoms with Crippen LogP contribution in [0.15, 0.2) is 65.2 Å². The van der Waals surface area contributed by atoms with Crippen molar-refractivity contribution in [1.29, 1.82) is 0 Å². The number of hydrogen-bond donors (Lipinski definition) is 1. The summed E-state index contributed by atoms with van der Waals surface area (Å²) in [5.74, 6) is 0.0192. The summed E-state index contributed by atoms with van der Waals surface area (Å²) in [6.45, 7) is 1.81. The summed E-state index contributed by atoms with van der Waals surface area (Å²) in [5, 5.41) is 4.24. The molecule has 142 valence electrons. The van der Waals surface area contributed by atoms with Crippen molar-refractivity contribution in [2.24, 2.45) is 0 Å². The van der Waals surface area contributed by atoms with E-state index in [4.69, 9.17) is 4.42 Å².